The molecule has 1 aliphatic rings. The second-order valence-corrected chi connectivity index (χ2v) is 10.0. The van der Waals surface area contributed by atoms with Gasteiger partial charge < -0.3 is 25.2 Å². The number of aliphatic hydroxyl groups excluding tert-OH is 1. The SMILES string of the molecule is Cc1cc(F)c(COc2nsc(NC(=O)NCCCCCN3CCN(CCO)CC3)c2C(=O)O)cc1Cl. The van der Waals surface area contributed by atoms with Gasteiger partial charge in [0.1, 0.15) is 17.4 Å². The topological polar surface area (TPSA) is 127 Å². The van der Waals surface area contributed by atoms with Crippen molar-refractivity contribution in [2.75, 3.05) is 57.7 Å². The van der Waals surface area contributed by atoms with E-state index in [4.69, 9.17) is 21.4 Å². The Balaban J connectivity index is 1.39. The van der Waals surface area contributed by atoms with Crippen molar-refractivity contribution in [2.24, 2.45) is 0 Å². The van der Waals surface area contributed by atoms with E-state index in [0.29, 0.717) is 17.1 Å². The van der Waals surface area contributed by atoms with Gasteiger partial charge in [0.25, 0.3) is 0 Å². The lowest BCUT2D eigenvalue weighted by Crippen LogP contribution is -2.47. The van der Waals surface area contributed by atoms with Crippen molar-refractivity contribution in [3.63, 3.8) is 0 Å². The first-order chi connectivity index (χ1) is 17.8. The van der Waals surface area contributed by atoms with Crippen molar-refractivity contribution in [2.45, 2.75) is 32.8 Å². The summed E-state index contributed by atoms with van der Waals surface area (Å²) < 4.78 is 23.6. The quantitative estimate of drug-likeness (QED) is 0.276. The number of aromatic nitrogens is 1. The number of hydrogen-bond donors (Lipinski definition) is 4. The van der Waals surface area contributed by atoms with Gasteiger partial charge in [0.05, 0.1) is 6.61 Å². The van der Waals surface area contributed by atoms with Crippen LogP contribution in [0.1, 0.15) is 40.7 Å². The van der Waals surface area contributed by atoms with E-state index < -0.39 is 17.8 Å². The molecule has 0 bridgehead atoms. The Hall–Kier alpha value is -2.51. The zero-order chi connectivity index (χ0) is 26.8. The number of carbonyl (C=O) groups is 2. The highest BCUT2D eigenvalue weighted by Gasteiger charge is 2.24. The summed E-state index contributed by atoms with van der Waals surface area (Å²) in [6.45, 7) is 7.74. The van der Waals surface area contributed by atoms with Crippen molar-refractivity contribution in [3.8, 4) is 5.88 Å². The molecule has 0 aliphatic carbocycles. The number of carboxylic acid groups (broad SMARTS) is 1. The summed E-state index contributed by atoms with van der Waals surface area (Å²) in [6, 6.07) is 2.16. The van der Waals surface area contributed by atoms with Crippen molar-refractivity contribution >= 4 is 40.1 Å². The van der Waals surface area contributed by atoms with Crippen LogP contribution in [0.15, 0.2) is 12.1 Å². The first-order valence-electron chi connectivity index (χ1n) is 12.2. The number of halogens is 2. The molecule has 204 valence electrons. The van der Waals surface area contributed by atoms with E-state index in [2.05, 4.69) is 24.8 Å². The number of aliphatic hydroxyl groups is 1. The summed E-state index contributed by atoms with van der Waals surface area (Å²) >= 11 is 6.81. The molecule has 0 spiro atoms. The van der Waals surface area contributed by atoms with Gasteiger partial charge in [-0.1, -0.05) is 18.0 Å². The summed E-state index contributed by atoms with van der Waals surface area (Å²) in [5.74, 6) is -2.05. The Morgan fingerprint density at radius 1 is 1.16 bits per heavy atom. The van der Waals surface area contributed by atoms with Crippen LogP contribution in [0.3, 0.4) is 0 Å². The van der Waals surface area contributed by atoms with Gasteiger partial charge in [-0.3, -0.25) is 10.2 Å². The number of anilines is 1. The number of amides is 2. The molecular weight excluding hydrogens is 525 g/mol. The number of urea groups is 1. The van der Waals surface area contributed by atoms with Crippen LogP contribution in [0.2, 0.25) is 5.02 Å². The van der Waals surface area contributed by atoms with Crippen molar-refractivity contribution in [1.29, 1.82) is 0 Å². The minimum absolute atomic E-state index is 0.0303. The summed E-state index contributed by atoms with van der Waals surface area (Å²) in [5.41, 5.74) is 0.447. The van der Waals surface area contributed by atoms with Gasteiger partial charge in [0.2, 0.25) is 5.88 Å². The maximum Gasteiger partial charge on any atom is 0.344 e. The third kappa shape index (κ3) is 8.78. The van der Waals surface area contributed by atoms with Crippen molar-refractivity contribution in [3.05, 3.63) is 39.7 Å². The summed E-state index contributed by atoms with van der Waals surface area (Å²) in [7, 11) is 0. The van der Waals surface area contributed by atoms with Crippen molar-refractivity contribution < 1.29 is 28.9 Å². The molecule has 1 aromatic carbocycles. The van der Waals surface area contributed by atoms with Gasteiger partial charge in [-0.2, -0.15) is 4.37 Å². The standard InChI is InChI=1S/C24H33ClFN5O5S/c1-16-13-19(26)17(14-18(16)25)15-36-21-20(23(33)34)22(37-29-21)28-24(35)27-5-3-2-4-6-30-7-9-31(10-8-30)11-12-32/h13-14,32H,2-12,15H2,1H3,(H,33,34)(H2,27,28,35). The van der Waals surface area contributed by atoms with Gasteiger partial charge in [-0.05, 0) is 55.5 Å². The lowest BCUT2D eigenvalue weighted by Gasteiger charge is -2.34. The van der Waals surface area contributed by atoms with Gasteiger partial charge in [0, 0.05) is 49.9 Å². The highest BCUT2D eigenvalue weighted by molar-refractivity contribution is 7.11. The number of aromatic carboxylic acids is 1. The van der Waals surface area contributed by atoms with E-state index in [0.717, 1.165) is 70.1 Å². The van der Waals surface area contributed by atoms with Crippen LogP contribution in [0.5, 0.6) is 5.88 Å². The van der Waals surface area contributed by atoms with E-state index in [1.165, 1.54) is 12.1 Å². The molecule has 0 saturated carbocycles. The van der Waals surface area contributed by atoms with Crippen LogP contribution in [0, 0.1) is 12.7 Å². The van der Waals surface area contributed by atoms with E-state index >= 15 is 0 Å². The van der Waals surface area contributed by atoms with E-state index in [1.54, 1.807) is 6.92 Å². The zero-order valence-electron chi connectivity index (χ0n) is 20.8. The summed E-state index contributed by atoms with van der Waals surface area (Å²) in [6.07, 6.45) is 2.77. The second-order valence-electron chi connectivity index (χ2n) is 8.83. The maximum atomic E-state index is 14.2. The highest BCUT2D eigenvalue weighted by atomic mass is 35.5. The lowest BCUT2D eigenvalue weighted by atomic mass is 10.1. The summed E-state index contributed by atoms with van der Waals surface area (Å²) in [4.78, 5) is 28.7. The number of hydrogen-bond acceptors (Lipinski definition) is 8. The number of rotatable bonds is 13. The average Bonchev–Trinajstić information content (AvgIpc) is 3.26. The van der Waals surface area contributed by atoms with E-state index in [-0.39, 0.29) is 35.2 Å². The number of unbranched alkanes of at least 4 members (excludes halogenated alkanes) is 2. The lowest BCUT2D eigenvalue weighted by molar-refractivity contribution is 0.0693. The number of nitrogens with zero attached hydrogens (tertiary/aromatic N) is 3. The molecule has 4 N–H and O–H groups in total. The van der Waals surface area contributed by atoms with Crippen LogP contribution >= 0.6 is 23.1 Å². The maximum absolute atomic E-state index is 14.2. The number of carboxylic acids is 1. The molecule has 3 rings (SSSR count). The molecule has 1 saturated heterocycles. The predicted octanol–water partition coefficient (Wildman–Crippen LogP) is 3.42. The van der Waals surface area contributed by atoms with E-state index in [1.807, 2.05) is 0 Å². The number of aryl methyl sites for hydroxylation is 1. The molecule has 1 fully saturated rings. The van der Waals surface area contributed by atoms with Gasteiger partial charge in [-0.25, -0.2) is 14.0 Å². The largest absolute Gasteiger partial charge is 0.477 e. The number of piperazine rings is 1. The van der Waals surface area contributed by atoms with Crippen LogP contribution in [0.25, 0.3) is 0 Å². The molecule has 2 heterocycles. The second kappa shape index (κ2) is 14.4. The minimum Gasteiger partial charge on any atom is -0.477 e. The predicted molar refractivity (Wildman–Crippen MR) is 140 cm³/mol. The monoisotopic (exact) mass is 557 g/mol. The Morgan fingerprint density at radius 2 is 1.86 bits per heavy atom. The zero-order valence-corrected chi connectivity index (χ0v) is 22.3. The van der Waals surface area contributed by atoms with Crippen LogP contribution in [0.4, 0.5) is 14.2 Å². The number of nitrogens with one attached hydrogen (secondary N) is 2. The van der Waals surface area contributed by atoms with Gasteiger partial charge in [0.15, 0.2) is 5.56 Å². The van der Waals surface area contributed by atoms with Crippen LogP contribution < -0.4 is 15.4 Å². The molecular formula is C24H33ClFN5O5S. The third-order valence-electron chi connectivity index (χ3n) is 6.11. The third-order valence-corrected chi connectivity index (χ3v) is 7.26. The molecule has 0 atom stereocenters. The van der Waals surface area contributed by atoms with Gasteiger partial charge >= 0.3 is 12.0 Å². The first kappa shape index (κ1) is 29.1. The number of β-amino-alcohol motifs (C(OH)–C–C–N with tert-alkyl or cyclic N) is 1. The molecule has 0 unspecified atom stereocenters. The van der Waals surface area contributed by atoms with Crippen LogP contribution in [-0.2, 0) is 6.61 Å². The normalized spacial score (nSPS) is 14.5. The smallest absolute Gasteiger partial charge is 0.344 e. The fourth-order valence-electron chi connectivity index (χ4n) is 3.96. The Bertz CT molecular complexity index is 1060. The fourth-order valence-corrected chi connectivity index (χ4v) is 4.87. The average molecular weight is 558 g/mol. The minimum atomic E-state index is -1.32. The fraction of sp³-hybridized carbons (Fsp3) is 0.542. The molecule has 2 aromatic rings. The van der Waals surface area contributed by atoms with Crippen molar-refractivity contribution in [1.82, 2.24) is 19.5 Å². The Kier molecular flexibility index (Phi) is 11.3. The molecule has 0 radical (unpaired) electrons. The molecule has 10 nitrogen and oxygen atoms in total. The number of benzene rings is 1. The number of carbonyl (C=O) groups excluding carboxylic acids is 1. The molecule has 1 aliphatic heterocycles. The Morgan fingerprint density at radius 3 is 2.54 bits per heavy atom. The molecule has 37 heavy (non-hydrogen) atoms. The van der Waals surface area contributed by atoms with Gasteiger partial charge in [-0.15, -0.1) is 0 Å². The molecule has 13 heteroatoms. The molecule has 2 amide bonds. The Labute approximate surface area is 224 Å². The van der Waals surface area contributed by atoms with E-state index in [9.17, 15) is 19.1 Å². The number of ether oxygens (including phenoxy) is 1. The van der Waals surface area contributed by atoms with Crippen LogP contribution in [-0.4, -0.2) is 88.8 Å². The summed E-state index contributed by atoms with van der Waals surface area (Å²) in [5, 5.41) is 24.3. The highest BCUT2D eigenvalue weighted by Crippen LogP contribution is 2.31. The first-order valence-corrected chi connectivity index (χ1v) is 13.3. The molecule has 1 aromatic heterocycles.